The minimum Gasteiger partial charge on any atom is -0.462 e. The van der Waals surface area contributed by atoms with Gasteiger partial charge in [0.05, 0.1) is 12.3 Å². The molecule has 5 heteroatoms. The maximum Gasteiger partial charge on any atom is 0.353 e. The predicted octanol–water partition coefficient (Wildman–Crippen LogP) is 3.06. The molecular weight excluding hydrogens is 270 g/mol. The fourth-order valence-corrected chi connectivity index (χ4v) is 1.60. The molecule has 1 aromatic rings. The fourth-order valence-electron chi connectivity index (χ4n) is 1.60. The average molecular weight is 293 g/mol. The Bertz CT molecular complexity index is 445. The first-order chi connectivity index (χ1) is 10.0. The topological polar surface area (TPSA) is 65.5 Å². The molecule has 0 aliphatic heterocycles. The summed E-state index contributed by atoms with van der Waals surface area (Å²) < 4.78 is 10.4. The van der Waals surface area contributed by atoms with Crippen LogP contribution in [0.4, 0.5) is 0 Å². The number of aromatic nitrogens is 1. The summed E-state index contributed by atoms with van der Waals surface area (Å²) in [6.45, 7) is 6.15. The van der Waals surface area contributed by atoms with Gasteiger partial charge in [0.15, 0.2) is 0 Å². The lowest BCUT2D eigenvalue weighted by Gasteiger charge is -2.17. The molecule has 1 rings (SSSR count). The van der Waals surface area contributed by atoms with Crippen LogP contribution < -0.4 is 0 Å². The number of pyridine rings is 1. The van der Waals surface area contributed by atoms with Crippen LogP contribution in [0.1, 0.15) is 51.8 Å². The molecular formula is C16H23NO4. The molecule has 0 radical (unpaired) electrons. The SMILES string of the molecule is CCCCC(=O)OC(C(=O)OCC(C)C)c1ccccn1. The number of hydrogen-bond donors (Lipinski definition) is 0. The van der Waals surface area contributed by atoms with Gasteiger partial charge in [-0.1, -0.05) is 33.3 Å². The van der Waals surface area contributed by atoms with E-state index in [1.54, 1.807) is 24.4 Å². The van der Waals surface area contributed by atoms with Crippen LogP contribution >= 0.6 is 0 Å². The van der Waals surface area contributed by atoms with Crippen molar-refractivity contribution < 1.29 is 19.1 Å². The highest BCUT2D eigenvalue weighted by Crippen LogP contribution is 2.18. The molecule has 0 aliphatic carbocycles. The van der Waals surface area contributed by atoms with E-state index in [-0.39, 0.29) is 18.9 Å². The van der Waals surface area contributed by atoms with Crippen LogP contribution in [0.2, 0.25) is 0 Å². The summed E-state index contributed by atoms with van der Waals surface area (Å²) in [7, 11) is 0. The van der Waals surface area contributed by atoms with Crippen LogP contribution in [-0.4, -0.2) is 23.5 Å². The number of ether oxygens (including phenoxy) is 2. The highest BCUT2D eigenvalue weighted by Gasteiger charge is 2.27. The van der Waals surface area contributed by atoms with Crippen LogP contribution in [0.3, 0.4) is 0 Å². The molecule has 0 aromatic carbocycles. The van der Waals surface area contributed by atoms with Gasteiger partial charge >= 0.3 is 11.9 Å². The molecule has 0 saturated carbocycles. The van der Waals surface area contributed by atoms with Crippen LogP contribution in [-0.2, 0) is 19.1 Å². The summed E-state index contributed by atoms with van der Waals surface area (Å²) in [5, 5.41) is 0. The third kappa shape index (κ3) is 6.38. The second-order valence-corrected chi connectivity index (χ2v) is 5.25. The molecule has 0 aliphatic rings. The summed E-state index contributed by atoms with van der Waals surface area (Å²) in [5.41, 5.74) is 0.385. The van der Waals surface area contributed by atoms with Crippen LogP contribution in [0.25, 0.3) is 0 Å². The Morgan fingerprint density at radius 3 is 2.62 bits per heavy atom. The van der Waals surface area contributed by atoms with Crippen molar-refractivity contribution in [1.29, 1.82) is 0 Å². The summed E-state index contributed by atoms with van der Waals surface area (Å²) in [6.07, 6.45) is 2.37. The lowest BCUT2D eigenvalue weighted by Crippen LogP contribution is -2.24. The van der Waals surface area contributed by atoms with Crippen molar-refractivity contribution in [2.45, 2.75) is 46.1 Å². The summed E-state index contributed by atoms with van der Waals surface area (Å²) in [6, 6.07) is 5.12. The normalized spacial score (nSPS) is 12.0. The van der Waals surface area contributed by atoms with Crippen LogP contribution in [0.15, 0.2) is 24.4 Å². The van der Waals surface area contributed by atoms with Gasteiger partial charge in [-0.2, -0.15) is 0 Å². The van der Waals surface area contributed by atoms with Crippen molar-refractivity contribution in [1.82, 2.24) is 4.98 Å². The van der Waals surface area contributed by atoms with Gasteiger partial charge in [-0.3, -0.25) is 9.78 Å². The van der Waals surface area contributed by atoms with Crippen molar-refractivity contribution in [3.63, 3.8) is 0 Å². The second kappa shape index (κ2) is 9.10. The minimum absolute atomic E-state index is 0.217. The number of nitrogens with zero attached hydrogens (tertiary/aromatic N) is 1. The maximum absolute atomic E-state index is 12.1. The molecule has 0 saturated heterocycles. The molecule has 116 valence electrons. The molecule has 5 nitrogen and oxygen atoms in total. The van der Waals surface area contributed by atoms with E-state index >= 15 is 0 Å². The highest BCUT2D eigenvalue weighted by atomic mass is 16.6. The number of unbranched alkanes of at least 4 members (excludes halogenated alkanes) is 1. The average Bonchev–Trinajstić information content (AvgIpc) is 2.49. The second-order valence-electron chi connectivity index (χ2n) is 5.25. The van der Waals surface area contributed by atoms with E-state index in [0.717, 1.165) is 12.8 Å². The molecule has 0 fully saturated rings. The number of hydrogen-bond acceptors (Lipinski definition) is 5. The van der Waals surface area contributed by atoms with Crippen molar-refractivity contribution >= 4 is 11.9 Å². The van der Waals surface area contributed by atoms with E-state index in [1.165, 1.54) is 0 Å². The predicted molar refractivity (Wildman–Crippen MR) is 78.4 cm³/mol. The van der Waals surface area contributed by atoms with E-state index < -0.39 is 18.0 Å². The molecule has 0 bridgehead atoms. The van der Waals surface area contributed by atoms with Gasteiger partial charge in [-0.05, 0) is 24.5 Å². The Morgan fingerprint density at radius 2 is 2.05 bits per heavy atom. The standard InChI is InChI=1S/C16H23NO4/c1-4-5-9-14(18)21-15(13-8-6-7-10-17-13)16(19)20-11-12(2)3/h6-8,10,12,15H,4-5,9,11H2,1-3H3. The maximum atomic E-state index is 12.1. The van der Waals surface area contributed by atoms with Gasteiger partial charge in [0.25, 0.3) is 0 Å². The molecule has 1 atom stereocenters. The lowest BCUT2D eigenvalue weighted by atomic mass is 10.2. The van der Waals surface area contributed by atoms with E-state index in [0.29, 0.717) is 5.69 Å². The minimum atomic E-state index is -1.09. The van der Waals surface area contributed by atoms with Gasteiger partial charge in [0.2, 0.25) is 6.10 Å². The number of carbonyl (C=O) groups is 2. The zero-order chi connectivity index (χ0) is 15.7. The zero-order valence-corrected chi connectivity index (χ0v) is 12.9. The number of carbonyl (C=O) groups excluding carboxylic acids is 2. The molecule has 1 heterocycles. The molecule has 0 amide bonds. The van der Waals surface area contributed by atoms with E-state index in [4.69, 9.17) is 9.47 Å². The molecule has 1 unspecified atom stereocenters. The molecule has 0 spiro atoms. The summed E-state index contributed by atoms with van der Waals surface area (Å²) in [4.78, 5) is 28.0. The van der Waals surface area contributed by atoms with Crippen molar-refractivity contribution in [2.24, 2.45) is 5.92 Å². The van der Waals surface area contributed by atoms with Crippen LogP contribution in [0, 0.1) is 5.92 Å². The Labute approximate surface area is 125 Å². The Hall–Kier alpha value is -1.91. The van der Waals surface area contributed by atoms with E-state index in [1.807, 2.05) is 20.8 Å². The van der Waals surface area contributed by atoms with Gasteiger partial charge in [-0.25, -0.2) is 4.79 Å². The summed E-state index contributed by atoms with van der Waals surface area (Å²) >= 11 is 0. The Balaban J connectivity index is 2.75. The monoisotopic (exact) mass is 293 g/mol. The third-order valence-electron chi connectivity index (χ3n) is 2.71. The fraction of sp³-hybridized carbons (Fsp3) is 0.562. The molecule has 0 N–H and O–H groups in total. The first-order valence-electron chi connectivity index (χ1n) is 7.31. The summed E-state index contributed by atoms with van der Waals surface area (Å²) in [5.74, 6) is -0.768. The molecule has 1 aromatic heterocycles. The van der Waals surface area contributed by atoms with E-state index in [2.05, 4.69) is 4.98 Å². The van der Waals surface area contributed by atoms with E-state index in [9.17, 15) is 9.59 Å². The van der Waals surface area contributed by atoms with Crippen molar-refractivity contribution in [3.8, 4) is 0 Å². The number of esters is 2. The smallest absolute Gasteiger partial charge is 0.353 e. The zero-order valence-electron chi connectivity index (χ0n) is 12.9. The largest absolute Gasteiger partial charge is 0.462 e. The lowest BCUT2D eigenvalue weighted by molar-refractivity contribution is -0.169. The number of rotatable bonds is 8. The first kappa shape index (κ1) is 17.1. The van der Waals surface area contributed by atoms with Crippen molar-refractivity contribution in [3.05, 3.63) is 30.1 Å². The highest BCUT2D eigenvalue weighted by molar-refractivity contribution is 5.80. The van der Waals surface area contributed by atoms with Gasteiger partial charge in [-0.15, -0.1) is 0 Å². The Morgan fingerprint density at radius 1 is 1.29 bits per heavy atom. The molecule has 21 heavy (non-hydrogen) atoms. The third-order valence-corrected chi connectivity index (χ3v) is 2.71. The first-order valence-corrected chi connectivity index (χ1v) is 7.31. The Kier molecular flexibility index (Phi) is 7.43. The van der Waals surface area contributed by atoms with Crippen molar-refractivity contribution in [2.75, 3.05) is 6.61 Å². The van der Waals surface area contributed by atoms with Gasteiger partial charge < -0.3 is 9.47 Å². The van der Waals surface area contributed by atoms with Gasteiger partial charge in [0.1, 0.15) is 0 Å². The van der Waals surface area contributed by atoms with Crippen LogP contribution in [0.5, 0.6) is 0 Å². The quantitative estimate of drug-likeness (QED) is 0.689. The van der Waals surface area contributed by atoms with Gasteiger partial charge in [0, 0.05) is 12.6 Å².